The number of thiophene rings is 1. The summed E-state index contributed by atoms with van der Waals surface area (Å²) < 4.78 is 11.9. The molecule has 3 aromatic rings. The number of aromatic nitrogens is 3. The van der Waals surface area contributed by atoms with Gasteiger partial charge < -0.3 is 14.4 Å². The maximum atomic E-state index is 5.94. The number of rotatable bonds is 2. The molecule has 6 rings (SSSR count). The average molecular weight is 380 g/mol. The van der Waals surface area contributed by atoms with Gasteiger partial charge in [-0.15, -0.1) is 11.3 Å². The van der Waals surface area contributed by atoms with Crippen LogP contribution in [0.25, 0.3) is 21.6 Å². The van der Waals surface area contributed by atoms with E-state index in [2.05, 4.69) is 9.88 Å². The first-order valence-electron chi connectivity index (χ1n) is 9.57. The van der Waals surface area contributed by atoms with Gasteiger partial charge in [0.2, 0.25) is 0 Å². The monoisotopic (exact) mass is 380 g/mol. The SMILES string of the molecule is c1cncc(-c2nc(N3CCC4(C3)OCCO4)c3c4c(sc3n2)CCC4)c1. The molecule has 7 heteroatoms. The standard InChI is InChI=1S/C20H20N4O2S/c1-4-14-15(5-1)27-19-16(14)18(22-17(23-19)13-3-2-7-21-11-13)24-8-6-20(12-24)25-9-10-26-20/h2-3,7,11H,1,4-6,8-10,12H2. The van der Waals surface area contributed by atoms with Crippen LogP contribution in [0.1, 0.15) is 23.3 Å². The van der Waals surface area contributed by atoms with Crippen LogP contribution in [0.3, 0.4) is 0 Å². The van der Waals surface area contributed by atoms with E-state index in [1.165, 1.54) is 22.2 Å². The number of anilines is 1. The molecular formula is C20H20N4O2S. The van der Waals surface area contributed by atoms with E-state index in [0.29, 0.717) is 13.2 Å². The Morgan fingerprint density at radius 3 is 2.93 bits per heavy atom. The molecule has 0 N–H and O–H groups in total. The molecule has 27 heavy (non-hydrogen) atoms. The lowest BCUT2D eigenvalue weighted by Gasteiger charge is -2.23. The third-order valence-electron chi connectivity index (χ3n) is 5.77. The Morgan fingerprint density at radius 2 is 2.07 bits per heavy atom. The van der Waals surface area contributed by atoms with Crippen LogP contribution in [0, 0.1) is 0 Å². The summed E-state index contributed by atoms with van der Waals surface area (Å²) in [4.78, 5) is 19.1. The van der Waals surface area contributed by atoms with Gasteiger partial charge in [0.05, 0.1) is 25.1 Å². The van der Waals surface area contributed by atoms with Crippen molar-refractivity contribution < 1.29 is 9.47 Å². The van der Waals surface area contributed by atoms with Crippen LogP contribution < -0.4 is 4.90 Å². The van der Waals surface area contributed by atoms with Gasteiger partial charge in [0.25, 0.3) is 0 Å². The lowest BCUT2D eigenvalue weighted by Crippen LogP contribution is -2.34. The molecule has 0 bridgehead atoms. The van der Waals surface area contributed by atoms with Crippen LogP contribution in [0.4, 0.5) is 5.82 Å². The lowest BCUT2D eigenvalue weighted by molar-refractivity contribution is -0.137. The molecule has 0 amide bonds. The third kappa shape index (κ3) is 2.49. The zero-order valence-electron chi connectivity index (χ0n) is 15.0. The van der Waals surface area contributed by atoms with E-state index in [-0.39, 0.29) is 0 Å². The number of aryl methyl sites for hydroxylation is 2. The number of hydrogen-bond acceptors (Lipinski definition) is 7. The van der Waals surface area contributed by atoms with Crippen molar-refractivity contribution in [2.75, 3.05) is 31.2 Å². The molecule has 6 nitrogen and oxygen atoms in total. The van der Waals surface area contributed by atoms with E-state index in [0.717, 1.165) is 54.4 Å². The molecule has 3 aliphatic rings. The van der Waals surface area contributed by atoms with E-state index < -0.39 is 5.79 Å². The van der Waals surface area contributed by atoms with Crippen LogP contribution in [-0.2, 0) is 22.3 Å². The summed E-state index contributed by atoms with van der Waals surface area (Å²) >= 11 is 1.83. The van der Waals surface area contributed by atoms with Crippen LogP contribution in [0.15, 0.2) is 24.5 Å². The second-order valence-electron chi connectivity index (χ2n) is 7.43. The van der Waals surface area contributed by atoms with Gasteiger partial charge in [0, 0.05) is 35.8 Å². The van der Waals surface area contributed by atoms with Gasteiger partial charge in [-0.05, 0) is 37.0 Å². The second kappa shape index (κ2) is 5.95. The third-order valence-corrected chi connectivity index (χ3v) is 6.96. The first kappa shape index (κ1) is 15.9. The predicted octanol–water partition coefficient (Wildman–Crippen LogP) is 3.20. The molecule has 3 aromatic heterocycles. The van der Waals surface area contributed by atoms with Crippen molar-refractivity contribution in [1.29, 1.82) is 0 Å². The van der Waals surface area contributed by atoms with E-state index in [4.69, 9.17) is 19.4 Å². The Balaban J connectivity index is 1.51. The molecule has 0 saturated carbocycles. The highest BCUT2D eigenvalue weighted by molar-refractivity contribution is 7.19. The Morgan fingerprint density at radius 1 is 1.15 bits per heavy atom. The highest BCUT2D eigenvalue weighted by Gasteiger charge is 2.44. The molecular weight excluding hydrogens is 360 g/mol. The Hall–Kier alpha value is -2.09. The van der Waals surface area contributed by atoms with Gasteiger partial charge in [-0.1, -0.05) is 0 Å². The largest absolute Gasteiger partial charge is 0.350 e. The van der Waals surface area contributed by atoms with Crippen LogP contribution >= 0.6 is 11.3 Å². The minimum atomic E-state index is -0.453. The van der Waals surface area contributed by atoms with Crippen molar-refractivity contribution in [3.05, 3.63) is 35.0 Å². The summed E-state index contributed by atoms with van der Waals surface area (Å²) in [6, 6.07) is 3.95. The van der Waals surface area contributed by atoms with Crippen LogP contribution in [0.2, 0.25) is 0 Å². The molecule has 2 saturated heterocycles. The normalized spacial score (nSPS) is 20.8. The second-order valence-corrected chi connectivity index (χ2v) is 8.51. The smallest absolute Gasteiger partial charge is 0.187 e. The van der Waals surface area contributed by atoms with Crippen LogP contribution in [-0.4, -0.2) is 47.0 Å². The molecule has 2 aliphatic heterocycles. The van der Waals surface area contributed by atoms with Crippen molar-refractivity contribution >= 4 is 27.4 Å². The number of pyridine rings is 1. The highest BCUT2D eigenvalue weighted by Crippen LogP contribution is 2.43. The topological polar surface area (TPSA) is 60.4 Å². The zero-order valence-corrected chi connectivity index (χ0v) is 15.8. The fourth-order valence-electron chi connectivity index (χ4n) is 4.50. The van der Waals surface area contributed by atoms with Gasteiger partial charge in [-0.25, -0.2) is 9.97 Å². The number of nitrogens with zero attached hydrogens (tertiary/aromatic N) is 4. The van der Waals surface area contributed by atoms with E-state index in [1.807, 2.05) is 29.7 Å². The van der Waals surface area contributed by atoms with Gasteiger partial charge >= 0.3 is 0 Å². The average Bonchev–Trinajstić information content (AvgIpc) is 3.47. The summed E-state index contributed by atoms with van der Waals surface area (Å²) in [7, 11) is 0. The lowest BCUT2D eigenvalue weighted by atomic mass is 10.1. The summed E-state index contributed by atoms with van der Waals surface area (Å²) in [5.41, 5.74) is 2.41. The predicted molar refractivity (Wildman–Crippen MR) is 104 cm³/mol. The fraction of sp³-hybridized carbons (Fsp3) is 0.450. The van der Waals surface area contributed by atoms with Crippen molar-refractivity contribution in [3.63, 3.8) is 0 Å². The van der Waals surface area contributed by atoms with E-state index in [1.54, 1.807) is 6.20 Å². The maximum absolute atomic E-state index is 5.94. The molecule has 0 unspecified atom stereocenters. The summed E-state index contributed by atoms with van der Waals surface area (Å²) in [5.74, 6) is 1.33. The Bertz CT molecular complexity index is 1010. The fourth-order valence-corrected chi connectivity index (χ4v) is 5.75. The van der Waals surface area contributed by atoms with Crippen molar-refractivity contribution in [2.45, 2.75) is 31.5 Å². The molecule has 5 heterocycles. The van der Waals surface area contributed by atoms with Crippen LogP contribution in [0.5, 0.6) is 0 Å². The van der Waals surface area contributed by atoms with Gasteiger partial charge in [0.1, 0.15) is 10.6 Å². The minimum Gasteiger partial charge on any atom is -0.350 e. The van der Waals surface area contributed by atoms with Gasteiger partial charge in [-0.2, -0.15) is 0 Å². The van der Waals surface area contributed by atoms with Crippen molar-refractivity contribution in [2.24, 2.45) is 0 Å². The van der Waals surface area contributed by atoms with Gasteiger partial charge in [-0.3, -0.25) is 4.98 Å². The van der Waals surface area contributed by atoms with E-state index >= 15 is 0 Å². The molecule has 1 aliphatic carbocycles. The quantitative estimate of drug-likeness (QED) is 0.680. The van der Waals surface area contributed by atoms with E-state index in [9.17, 15) is 0 Å². The summed E-state index contributed by atoms with van der Waals surface area (Å²) in [5, 5.41) is 1.25. The Kier molecular flexibility index (Phi) is 3.51. The van der Waals surface area contributed by atoms with Crippen molar-refractivity contribution in [1.82, 2.24) is 15.0 Å². The molecule has 0 atom stereocenters. The summed E-state index contributed by atoms with van der Waals surface area (Å²) in [6.45, 7) is 2.99. The number of fused-ring (bicyclic) bond motifs is 3. The first-order valence-corrected chi connectivity index (χ1v) is 10.4. The zero-order chi connectivity index (χ0) is 17.8. The first-order chi connectivity index (χ1) is 13.3. The molecule has 0 radical (unpaired) electrons. The molecule has 1 spiro atoms. The van der Waals surface area contributed by atoms with Crippen molar-refractivity contribution in [3.8, 4) is 11.4 Å². The number of hydrogen-bond donors (Lipinski definition) is 0. The molecule has 138 valence electrons. The summed E-state index contributed by atoms with van der Waals surface area (Å²) in [6.07, 6.45) is 8.02. The number of ether oxygens (including phenoxy) is 2. The Labute approximate surface area is 161 Å². The molecule has 0 aromatic carbocycles. The maximum Gasteiger partial charge on any atom is 0.187 e. The van der Waals surface area contributed by atoms with Gasteiger partial charge in [0.15, 0.2) is 11.6 Å². The highest BCUT2D eigenvalue weighted by atomic mass is 32.1. The molecule has 2 fully saturated rings. The minimum absolute atomic E-state index is 0.453.